The van der Waals surface area contributed by atoms with Crippen LogP contribution in [0.4, 0.5) is 0 Å². The summed E-state index contributed by atoms with van der Waals surface area (Å²) in [6, 6.07) is 5.37. The van der Waals surface area contributed by atoms with E-state index in [0.717, 1.165) is 28.3 Å². The highest BCUT2D eigenvalue weighted by Gasteiger charge is 2.06. The van der Waals surface area contributed by atoms with Crippen molar-refractivity contribution in [2.45, 2.75) is 25.7 Å². The zero-order valence-corrected chi connectivity index (χ0v) is 14.5. The smallest absolute Gasteiger partial charge is 0.251 e. The Morgan fingerprint density at radius 1 is 1.28 bits per heavy atom. The Labute approximate surface area is 135 Å². The molecule has 0 fully saturated rings. The monoisotopic (exact) mass is 443 g/mol. The number of hydrogen-bond donors (Lipinski definition) is 1. The largest absolute Gasteiger partial charge is 0.352 e. The Morgan fingerprint density at radius 2 is 2.00 bits per heavy atom. The van der Waals surface area contributed by atoms with Gasteiger partial charge in [0.2, 0.25) is 0 Å². The van der Waals surface area contributed by atoms with Gasteiger partial charge in [0.05, 0.1) is 5.02 Å². The van der Waals surface area contributed by atoms with Crippen LogP contribution in [-0.4, -0.2) is 17.8 Å². The van der Waals surface area contributed by atoms with Gasteiger partial charge in [-0.1, -0.05) is 40.4 Å². The molecule has 18 heavy (non-hydrogen) atoms. The molecule has 0 aliphatic heterocycles. The second-order valence-corrected chi connectivity index (χ2v) is 6.35. The second-order valence-electron chi connectivity index (χ2n) is 3.99. The van der Waals surface area contributed by atoms with Crippen LogP contribution in [0.3, 0.4) is 0 Å². The second kappa shape index (κ2) is 9.15. The molecular weight excluding hydrogens is 428 g/mol. The van der Waals surface area contributed by atoms with E-state index in [9.17, 15) is 4.79 Å². The molecule has 1 aromatic rings. The predicted molar refractivity (Wildman–Crippen MR) is 88.8 cm³/mol. The molecule has 0 aliphatic rings. The summed E-state index contributed by atoms with van der Waals surface area (Å²) < 4.78 is 0.959. The molecule has 1 aromatic carbocycles. The Hall–Kier alpha value is 0.190. The number of alkyl halides is 1. The third kappa shape index (κ3) is 5.89. The Kier molecular flexibility index (Phi) is 8.26. The number of nitrogens with one attached hydrogen (secondary N) is 1. The van der Waals surface area contributed by atoms with Crippen molar-refractivity contribution in [2.75, 3.05) is 11.9 Å². The van der Waals surface area contributed by atoms with E-state index in [4.69, 9.17) is 11.6 Å². The number of benzene rings is 1. The standard InChI is InChI=1S/C13H16BrClINO/c14-7-3-1-2-4-8-17-13(18)10-5-6-12(16)11(15)9-10/h5-6,9H,1-4,7-8H2,(H,17,18). The van der Waals surface area contributed by atoms with E-state index in [1.807, 2.05) is 6.07 Å². The van der Waals surface area contributed by atoms with Crippen molar-refractivity contribution in [1.82, 2.24) is 5.32 Å². The number of unbranched alkanes of at least 4 members (excludes halogenated alkanes) is 3. The average Bonchev–Trinajstić information content (AvgIpc) is 2.36. The molecule has 1 N–H and O–H groups in total. The number of carbonyl (C=O) groups excluding carboxylic acids is 1. The van der Waals surface area contributed by atoms with Gasteiger partial charge in [-0.25, -0.2) is 0 Å². The van der Waals surface area contributed by atoms with E-state index in [1.54, 1.807) is 12.1 Å². The first-order chi connectivity index (χ1) is 8.65. The normalized spacial score (nSPS) is 10.4. The zero-order chi connectivity index (χ0) is 13.4. The van der Waals surface area contributed by atoms with Crippen LogP contribution in [0.1, 0.15) is 36.0 Å². The Balaban J connectivity index is 2.30. The molecule has 0 atom stereocenters. The maximum Gasteiger partial charge on any atom is 0.251 e. The summed E-state index contributed by atoms with van der Waals surface area (Å²) in [5, 5.41) is 4.59. The molecule has 0 spiro atoms. The molecule has 5 heteroatoms. The maximum absolute atomic E-state index is 11.8. The van der Waals surface area contributed by atoms with E-state index >= 15 is 0 Å². The first kappa shape index (κ1) is 16.2. The minimum absolute atomic E-state index is 0.0474. The average molecular weight is 445 g/mol. The predicted octanol–water partition coefficient (Wildman–Crippen LogP) is 4.63. The lowest BCUT2D eigenvalue weighted by Gasteiger charge is -2.06. The van der Waals surface area contributed by atoms with Gasteiger partial charge in [0.25, 0.3) is 5.91 Å². The number of carbonyl (C=O) groups is 1. The van der Waals surface area contributed by atoms with Crippen LogP contribution in [0.15, 0.2) is 18.2 Å². The lowest BCUT2D eigenvalue weighted by Crippen LogP contribution is -2.24. The number of halogens is 3. The van der Waals surface area contributed by atoms with Crippen molar-refractivity contribution >= 4 is 56.0 Å². The third-order valence-electron chi connectivity index (χ3n) is 2.53. The fraction of sp³-hybridized carbons (Fsp3) is 0.462. The fourth-order valence-corrected chi connectivity index (χ4v) is 2.43. The minimum Gasteiger partial charge on any atom is -0.352 e. The first-order valence-corrected chi connectivity index (χ1v) is 8.52. The lowest BCUT2D eigenvalue weighted by molar-refractivity contribution is 0.0953. The van der Waals surface area contributed by atoms with Gasteiger partial charge in [-0.15, -0.1) is 0 Å². The Morgan fingerprint density at radius 3 is 2.67 bits per heavy atom. The van der Waals surface area contributed by atoms with E-state index in [2.05, 4.69) is 43.8 Å². The van der Waals surface area contributed by atoms with Crippen LogP contribution in [0, 0.1) is 3.57 Å². The van der Waals surface area contributed by atoms with Gasteiger partial charge < -0.3 is 5.32 Å². The van der Waals surface area contributed by atoms with Crippen LogP contribution >= 0.6 is 50.1 Å². The van der Waals surface area contributed by atoms with Gasteiger partial charge in [-0.2, -0.15) is 0 Å². The van der Waals surface area contributed by atoms with Gasteiger partial charge in [0, 0.05) is 21.0 Å². The summed E-state index contributed by atoms with van der Waals surface area (Å²) in [7, 11) is 0. The summed E-state index contributed by atoms with van der Waals surface area (Å²) in [4.78, 5) is 11.8. The highest BCUT2D eigenvalue weighted by atomic mass is 127. The summed E-state index contributed by atoms with van der Waals surface area (Å²) in [6.07, 6.45) is 4.58. The third-order valence-corrected chi connectivity index (χ3v) is 4.66. The number of rotatable bonds is 7. The molecule has 1 amide bonds. The molecule has 0 aliphatic carbocycles. The van der Waals surface area contributed by atoms with Crippen LogP contribution in [0.2, 0.25) is 5.02 Å². The molecule has 0 radical (unpaired) electrons. The van der Waals surface area contributed by atoms with Crippen molar-refractivity contribution in [2.24, 2.45) is 0 Å². The Bertz CT molecular complexity index is 401. The molecule has 0 saturated heterocycles. The van der Waals surface area contributed by atoms with Crippen molar-refractivity contribution < 1.29 is 4.79 Å². The van der Waals surface area contributed by atoms with E-state index in [0.29, 0.717) is 10.6 Å². The van der Waals surface area contributed by atoms with Crippen molar-refractivity contribution in [3.63, 3.8) is 0 Å². The summed E-state index contributed by atoms with van der Waals surface area (Å²) >= 11 is 11.5. The number of hydrogen-bond acceptors (Lipinski definition) is 1. The van der Waals surface area contributed by atoms with Crippen LogP contribution < -0.4 is 5.32 Å². The molecule has 0 unspecified atom stereocenters. The van der Waals surface area contributed by atoms with E-state index < -0.39 is 0 Å². The van der Waals surface area contributed by atoms with Crippen LogP contribution in [0.5, 0.6) is 0 Å². The molecule has 0 aromatic heterocycles. The van der Waals surface area contributed by atoms with Crippen molar-refractivity contribution in [3.8, 4) is 0 Å². The molecule has 2 nitrogen and oxygen atoms in total. The van der Waals surface area contributed by atoms with E-state index in [1.165, 1.54) is 12.8 Å². The van der Waals surface area contributed by atoms with Gasteiger partial charge >= 0.3 is 0 Å². The van der Waals surface area contributed by atoms with Gasteiger partial charge in [0.1, 0.15) is 0 Å². The molecule has 0 saturated carbocycles. The van der Waals surface area contributed by atoms with Crippen LogP contribution in [-0.2, 0) is 0 Å². The molecule has 0 heterocycles. The maximum atomic E-state index is 11.8. The van der Waals surface area contributed by atoms with Crippen molar-refractivity contribution in [3.05, 3.63) is 32.4 Å². The van der Waals surface area contributed by atoms with Gasteiger partial charge in [-0.05, 0) is 53.6 Å². The molecule has 0 bridgehead atoms. The topological polar surface area (TPSA) is 29.1 Å². The van der Waals surface area contributed by atoms with Gasteiger partial charge in [-0.3, -0.25) is 4.79 Å². The highest BCUT2D eigenvalue weighted by molar-refractivity contribution is 14.1. The number of amides is 1. The summed E-state index contributed by atoms with van der Waals surface area (Å²) in [5.41, 5.74) is 0.626. The van der Waals surface area contributed by atoms with E-state index in [-0.39, 0.29) is 5.91 Å². The fourth-order valence-electron chi connectivity index (χ4n) is 1.51. The van der Waals surface area contributed by atoms with Gasteiger partial charge in [0.15, 0.2) is 0 Å². The quantitative estimate of drug-likeness (QED) is 0.371. The lowest BCUT2D eigenvalue weighted by atomic mass is 10.2. The van der Waals surface area contributed by atoms with Crippen molar-refractivity contribution in [1.29, 1.82) is 0 Å². The summed E-state index contributed by atoms with van der Waals surface area (Å²) in [6.45, 7) is 0.727. The molecular formula is C13H16BrClINO. The molecule has 1 rings (SSSR count). The zero-order valence-electron chi connectivity index (χ0n) is 10.0. The summed E-state index contributed by atoms with van der Waals surface area (Å²) in [5.74, 6) is -0.0474. The first-order valence-electron chi connectivity index (χ1n) is 5.94. The SMILES string of the molecule is O=C(NCCCCCCBr)c1ccc(I)c(Cl)c1. The highest BCUT2D eigenvalue weighted by Crippen LogP contribution is 2.19. The van der Waals surface area contributed by atoms with Crippen LogP contribution in [0.25, 0.3) is 0 Å². The minimum atomic E-state index is -0.0474. The molecule has 100 valence electrons.